The van der Waals surface area contributed by atoms with Crippen molar-refractivity contribution >= 4 is 17.2 Å². The highest BCUT2D eigenvalue weighted by molar-refractivity contribution is 7.15. The van der Waals surface area contributed by atoms with Crippen molar-refractivity contribution in [2.45, 2.75) is 39.7 Å². The Hall–Kier alpha value is -1.75. The minimum Gasteiger partial charge on any atom is -0.336 e. The second kappa shape index (κ2) is 5.56. The number of thiazole rings is 1. The van der Waals surface area contributed by atoms with Crippen LogP contribution < -0.4 is 0 Å². The zero-order valence-electron chi connectivity index (χ0n) is 12.6. The van der Waals surface area contributed by atoms with Crippen molar-refractivity contribution in [2.75, 3.05) is 6.54 Å². The monoisotopic (exact) mass is 301 g/mol. The fraction of sp³-hybridized carbons (Fsp3) is 0.438. The normalized spacial score (nSPS) is 18.2. The van der Waals surface area contributed by atoms with Crippen LogP contribution in [-0.2, 0) is 4.79 Å². The third kappa shape index (κ3) is 2.70. The number of pyridine rings is 1. The highest BCUT2D eigenvalue weighted by Gasteiger charge is 2.28. The van der Waals surface area contributed by atoms with Gasteiger partial charge in [0.25, 0.3) is 0 Å². The van der Waals surface area contributed by atoms with Crippen LogP contribution in [0.15, 0.2) is 18.3 Å². The Kier molecular flexibility index (Phi) is 3.76. The number of aryl methyl sites for hydroxylation is 2. The van der Waals surface area contributed by atoms with Crippen LogP contribution in [0.1, 0.15) is 41.9 Å². The molecule has 0 aliphatic carbocycles. The number of aromatic nitrogens is 2. The summed E-state index contributed by atoms with van der Waals surface area (Å²) in [6, 6.07) is 4.29. The van der Waals surface area contributed by atoms with Gasteiger partial charge < -0.3 is 4.90 Å². The molecule has 4 nitrogen and oxygen atoms in total. The SMILES string of the molecule is CC(=O)N1CCCC1c1ccnc(-c2nc(C)c(C)s2)c1. The van der Waals surface area contributed by atoms with Gasteiger partial charge in [-0.05, 0) is 44.4 Å². The molecule has 1 aliphatic rings. The number of nitrogens with zero attached hydrogens (tertiary/aromatic N) is 3. The number of amides is 1. The van der Waals surface area contributed by atoms with Gasteiger partial charge in [-0.15, -0.1) is 11.3 Å². The average Bonchev–Trinajstić information content (AvgIpc) is 3.07. The first kappa shape index (κ1) is 14.2. The molecule has 5 heteroatoms. The van der Waals surface area contributed by atoms with E-state index in [2.05, 4.69) is 23.0 Å². The number of hydrogen-bond acceptors (Lipinski definition) is 4. The van der Waals surface area contributed by atoms with E-state index < -0.39 is 0 Å². The fourth-order valence-electron chi connectivity index (χ4n) is 2.84. The number of carbonyl (C=O) groups excluding carboxylic acids is 1. The molecule has 3 heterocycles. The molecule has 1 unspecified atom stereocenters. The van der Waals surface area contributed by atoms with E-state index in [0.717, 1.165) is 35.8 Å². The van der Waals surface area contributed by atoms with E-state index in [1.165, 1.54) is 10.4 Å². The Morgan fingerprint density at radius 1 is 1.43 bits per heavy atom. The summed E-state index contributed by atoms with van der Waals surface area (Å²) >= 11 is 1.67. The summed E-state index contributed by atoms with van der Waals surface area (Å²) in [6.07, 6.45) is 3.92. The summed E-state index contributed by atoms with van der Waals surface area (Å²) < 4.78 is 0. The van der Waals surface area contributed by atoms with Gasteiger partial charge in [-0.2, -0.15) is 0 Å². The first-order chi connectivity index (χ1) is 10.1. The maximum Gasteiger partial charge on any atom is 0.219 e. The van der Waals surface area contributed by atoms with Crippen LogP contribution in [0.25, 0.3) is 10.7 Å². The van der Waals surface area contributed by atoms with Crippen LogP contribution in [0.4, 0.5) is 0 Å². The predicted molar refractivity (Wildman–Crippen MR) is 84.2 cm³/mol. The molecule has 1 amide bonds. The third-order valence-corrected chi connectivity index (χ3v) is 5.17. The highest BCUT2D eigenvalue weighted by Crippen LogP contribution is 2.34. The van der Waals surface area contributed by atoms with Gasteiger partial charge in [0.2, 0.25) is 5.91 Å². The van der Waals surface area contributed by atoms with Crippen LogP contribution in [0.2, 0.25) is 0 Å². The standard InChI is InChI=1S/C16H19N3OS/c1-10-11(2)21-16(18-10)14-9-13(6-7-17-14)15-5-4-8-19(15)12(3)20/h6-7,9,15H,4-5,8H2,1-3H3. The van der Waals surface area contributed by atoms with Crippen molar-refractivity contribution in [2.24, 2.45) is 0 Å². The van der Waals surface area contributed by atoms with Crippen LogP contribution in [0.3, 0.4) is 0 Å². The second-order valence-electron chi connectivity index (χ2n) is 5.51. The van der Waals surface area contributed by atoms with Crippen LogP contribution in [-0.4, -0.2) is 27.3 Å². The molecular formula is C16H19N3OS. The third-order valence-electron chi connectivity index (χ3n) is 4.07. The molecule has 1 atom stereocenters. The van der Waals surface area contributed by atoms with Gasteiger partial charge in [0, 0.05) is 24.5 Å². The van der Waals surface area contributed by atoms with Crippen molar-refractivity contribution < 1.29 is 4.79 Å². The van der Waals surface area contributed by atoms with Crippen LogP contribution in [0.5, 0.6) is 0 Å². The summed E-state index contributed by atoms with van der Waals surface area (Å²) in [7, 11) is 0. The van der Waals surface area contributed by atoms with E-state index >= 15 is 0 Å². The van der Waals surface area contributed by atoms with Gasteiger partial charge in [0.1, 0.15) is 5.01 Å². The maximum atomic E-state index is 11.7. The van der Waals surface area contributed by atoms with Gasteiger partial charge >= 0.3 is 0 Å². The topological polar surface area (TPSA) is 46.1 Å². The lowest BCUT2D eigenvalue weighted by molar-refractivity contribution is -0.129. The molecule has 1 fully saturated rings. The van der Waals surface area contributed by atoms with Gasteiger partial charge in [-0.25, -0.2) is 4.98 Å². The first-order valence-electron chi connectivity index (χ1n) is 7.24. The number of rotatable bonds is 2. The molecule has 3 rings (SSSR count). The quantitative estimate of drug-likeness (QED) is 0.853. The number of carbonyl (C=O) groups is 1. The molecule has 0 bridgehead atoms. The van der Waals surface area contributed by atoms with Crippen LogP contribution in [0, 0.1) is 13.8 Å². The minimum atomic E-state index is 0.150. The molecule has 1 saturated heterocycles. The second-order valence-corrected chi connectivity index (χ2v) is 6.71. The summed E-state index contributed by atoms with van der Waals surface area (Å²) in [5.74, 6) is 0.150. The first-order valence-corrected chi connectivity index (χ1v) is 8.05. The lowest BCUT2D eigenvalue weighted by Gasteiger charge is -2.23. The molecule has 0 saturated carbocycles. The minimum absolute atomic E-state index is 0.150. The molecule has 1 aliphatic heterocycles. The summed E-state index contributed by atoms with van der Waals surface area (Å²) in [5, 5.41) is 0.958. The lowest BCUT2D eigenvalue weighted by Crippen LogP contribution is -2.28. The van der Waals surface area contributed by atoms with Gasteiger partial charge in [-0.1, -0.05) is 0 Å². The smallest absolute Gasteiger partial charge is 0.219 e. The summed E-state index contributed by atoms with van der Waals surface area (Å²) in [4.78, 5) is 23.9. The van der Waals surface area contributed by atoms with E-state index in [-0.39, 0.29) is 11.9 Å². The van der Waals surface area contributed by atoms with E-state index in [0.29, 0.717) is 0 Å². The Labute approximate surface area is 128 Å². The van der Waals surface area contributed by atoms with Gasteiger partial charge in [0.05, 0.1) is 17.4 Å². The van der Waals surface area contributed by atoms with E-state index in [4.69, 9.17) is 0 Å². The summed E-state index contributed by atoms with van der Waals surface area (Å²) in [6.45, 7) is 6.60. The largest absolute Gasteiger partial charge is 0.336 e. The molecule has 2 aromatic heterocycles. The molecule has 0 N–H and O–H groups in total. The zero-order chi connectivity index (χ0) is 15.0. The van der Waals surface area contributed by atoms with Crippen LogP contribution >= 0.6 is 11.3 Å². The number of hydrogen-bond donors (Lipinski definition) is 0. The van der Waals surface area contributed by atoms with Crippen molar-refractivity contribution in [3.05, 3.63) is 34.5 Å². The van der Waals surface area contributed by atoms with E-state index in [1.807, 2.05) is 24.1 Å². The Morgan fingerprint density at radius 2 is 2.24 bits per heavy atom. The van der Waals surface area contributed by atoms with E-state index in [1.54, 1.807) is 18.3 Å². The molecular weight excluding hydrogens is 282 g/mol. The highest BCUT2D eigenvalue weighted by atomic mass is 32.1. The predicted octanol–water partition coefficient (Wildman–Crippen LogP) is 3.51. The Bertz CT molecular complexity index is 660. The number of likely N-dealkylation sites (tertiary alicyclic amines) is 1. The zero-order valence-corrected chi connectivity index (χ0v) is 13.4. The average molecular weight is 301 g/mol. The molecule has 0 aromatic carbocycles. The van der Waals surface area contributed by atoms with Crippen molar-refractivity contribution in [3.63, 3.8) is 0 Å². The van der Waals surface area contributed by atoms with Crippen molar-refractivity contribution in [1.29, 1.82) is 0 Å². The van der Waals surface area contributed by atoms with Crippen molar-refractivity contribution in [3.8, 4) is 10.7 Å². The lowest BCUT2D eigenvalue weighted by atomic mass is 10.0. The van der Waals surface area contributed by atoms with E-state index in [9.17, 15) is 4.79 Å². The maximum absolute atomic E-state index is 11.7. The fourth-order valence-corrected chi connectivity index (χ4v) is 3.73. The van der Waals surface area contributed by atoms with Gasteiger partial charge in [0.15, 0.2) is 0 Å². The molecule has 21 heavy (non-hydrogen) atoms. The van der Waals surface area contributed by atoms with Gasteiger partial charge in [-0.3, -0.25) is 9.78 Å². The summed E-state index contributed by atoms with van der Waals surface area (Å²) in [5.41, 5.74) is 3.13. The molecule has 110 valence electrons. The molecule has 2 aromatic rings. The van der Waals surface area contributed by atoms with Crippen molar-refractivity contribution in [1.82, 2.24) is 14.9 Å². The molecule has 0 spiro atoms. The Morgan fingerprint density at radius 3 is 2.90 bits per heavy atom. The molecule has 0 radical (unpaired) electrons. The Balaban J connectivity index is 1.95.